The van der Waals surface area contributed by atoms with Gasteiger partial charge >= 0.3 is 0 Å². The van der Waals surface area contributed by atoms with Crippen LogP contribution in [0.4, 0.5) is 5.95 Å². The first-order chi connectivity index (χ1) is 5.71. The van der Waals surface area contributed by atoms with E-state index in [1.165, 1.54) is 12.2 Å². The molecule has 0 aromatic carbocycles. The highest BCUT2D eigenvalue weighted by Gasteiger charge is 2.36. The summed E-state index contributed by atoms with van der Waals surface area (Å²) in [5.41, 5.74) is 5.38. The van der Waals surface area contributed by atoms with Crippen LogP contribution in [0.3, 0.4) is 0 Å². The fourth-order valence-corrected chi connectivity index (χ4v) is 2.63. The molecule has 1 unspecified atom stereocenters. The Hall–Kier alpha value is -0.710. The number of hydrogen-bond acceptors (Lipinski definition) is 5. The van der Waals surface area contributed by atoms with E-state index >= 15 is 0 Å². The highest BCUT2D eigenvalue weighted by molar-refractivity contribution is 8.00. The number of anilines is 1. The zero-order valence-corrected chi connectivity index (χ0v) is 7.73. The topological polar surface area (TPSA) is 64.9 Å². The molecule has 66 valence electrons. The van der Waals surface area contributed by atoms with Gasteiger partial charge < -0.3 is 10.3 Å². The van der Waals surface area contributed by atoms with Gasteiger partial charge in [-0.3, -0.25) is 0 Å². The summed E-state index contributed by atoms with van der Waals surface area (Å²) in [6.07, 6.45) is 2.31. The van der Waals surface area contributed by atoms with E-state index in [1.54, 1.807) is 0 Å². The van der Waals surface area contributed by atoms with Crippen LogP contribution >= 0.6 is 11.8 Å². The largest absolute Gasteiger partial charge is 0.365 e. The summed E-state index contributed by atoms with van der Waals surface area (Å²) in [5, 5.41) is 3.58. The molecule has 1 aromatic rings. The van der Waals surface area contributed by atoms with Gasteiger partial charge in [0.2, 0.25) is 5.89 Å². The molecule has 1 aliphatic heterocycles. The van der Waals surface area contributed by atoms with Crippen LogP contribution in [0.1, 0.15) is 25.7 Å². The minimum absolute atomic E-state index is 0.00458. The normalized spacial score (nSPS) is 29.4. The number of thioether (sulfide) groups is 1. The number of hydrogen-bond donors (Lipinski definition) is 1. The van der Waals surface area contributed by atoms with Gasteiger partial charge in [0, 0.05) is 0 Å². The van der Waals surface area contributed by atoms with Crippen molar-refractivity contribution in [3.8, 4) is 0 Å². The van der Waals surface area contributed by atoms with Crippen LogP contribution in [0.25, 0.3) is 0 Å². The molecule has 5 heteroatoms. The molecule has 0 radical (unpaired) electrons. The van der Waals surface area contributed by atoms with Crippen molar-refractivity contribution in [2.75, 3.05) is 11.5 Å². The van der Waals surface area contributed by atoms with Crippen molar-refractivity contribution in [3.05, 3.63) is 5.89 Å². The lowest BCUT2D eigenvalue weighted by molar-refractivity contribution is 0.344. The fraction of sp³-hybridized carbons (Fsp3) is 0.714. The molecule has 4 nitrogen and oxygen atoms in total. The molecule has 0 saturated carbocycles. The summed E-state index contributed by atoms with van der Waals surface area (Å²) in [7, 11) is 0. The number of nitrogens with two attached hydrogens (primary N) is 1. The Kier molecular flexibility index (Phi) is 1.75. The molecule has 1 aliphatic rings. The number of rotatable bonds is 1. The number of nitrogen functional groups attached to an aromatic ring is 1. The molecule has 1 fully saturated rings. The summed E-state index contributed by atoms with van der Waals surface area (Å²) >= 11 is 1.86. The van der Waals surface area contributed by atoms with Gasteiger partial charge in [-0.15, -0.1) is 11.8 Å². The van der Waals surface area contributed by atoms with E-state index in [0.717, 1.165) is 6.42 Å². The van der Waals surface area contributed by atoms with Gasteiger partial charge in [-0.1, -0.05) is 0 Å². The Morgan fingerprint density at radius 1 is 1.67 bits per heavy atom. The minimum Gasteiger partial charge on any atom is -0.365 e. The molecule has 0 amide bonds. The standard InChI is InChI=1S/C7H11N3OS/c1-7(3-2-4-12-7)5-9-6(8)10-11-5/h2-4H2,1H3,(H2,8,10). The molecule has 1 aromatic heterocycles. The van der Waals surface area contributed by atoms with E-state index in [0.29, 0.717) is 5.89 Å². The molecule has 0 spiro atoms. The van der Waals surface area contributed by atoms with Gasteiger partial charge in [0.05, 0.1) is 4.75 Å². The third-order valence-electron chi connectivity index (χ3n) is 2.11. The van der Waals surface area contributed by atoms with Crippen LogP contribution in [0, 0.1) is 0 Å². The Morgan fingerprint density at radius 2 is 2.50 bits per heavy atom. The van der Waals surface area contributed by atoms with E-state index in [9.17, 15) is 0 Å². The molecular weight excluding hydrogens is 174 g/mol. The van der Waals surface area contributed by atoms with E-state index in [2.05, 4.69) is 17.1 Å². The minimum atomic E-state index is 0.00458. The van der Waals surface area contributed by atoms with Crippen molar-refractivity contribution in [1.29, 1.82) is 0 Å². The molecule has 0 aliphatic carbocycles. The smallest absolute Gasteiger partial charge is 0.260 e. The van der Waals surface area contributed by atoms with Crippen molar-refractivity contribution in [1.82, 2.24) is 10.1 Å². The van der Waals surface area contributed by atoms with Crippen molar-refractivity contribution in [3.63, 3.8) is 0 Å². The van der Waals surface area contributed by atoms with Crippen molar-refractivity contribution in [2.45, 2.75) is 24.5 Å². The summed E-state index contributed by atoms with van der Waals surface area (Å²) in [6.45, 7) is 2.12. The van der Waals surface area contributed by atoms with Crippen molar-refractivity contribution >= 4 is 17.7 Å². The third-order valence-corrected chi connectivity index (χ3v) is 3.62. The van der Waals surface area contributed by atoms with E-state index in [1.807, 2.05) is 11.8 Å². The Bertz CT molecular complexity index is 280. The van der Waals surface area contributed by atoms with Gasteiger partial charge in [-0.05, 0) is 30.7 Å². The molecule has 12 heavy (non-hydrogen) atoms. The third kappa shape index (κ3) is 1.18. The monoisotopic (exact) mass is 185 g/mol. The summed E-state index contributed by atoms with van der Waals surface area (Å²) in [5.74, 6) is 2.07. The Morgan fingerprint density at radius 3 is 3.00 bits per heavy atom. The second-order valence-corrected chi connectivity index (χ2v) is 4.74. The van der Waals surface area contributed by atoms with Gasteiger partial charge in [0.15, 0.2) is 0 Å². The quantitative estimate of drug-likeness (QED) is 0.716. The summed E-state index contributed by atoms with van der Waals surface area (Å²) < 4.78 is 5.05. The first-order valence-electron chi connectivity index (χ1n) is 3.94. The second-order valence-electron chi connectivity index (χ2n) is 3.14. The maximum absolute atomic E-state index is 5.38. The lowest BCUT2D eigenvalue weighted by Gasteiger charge is -2.15. The Balaban J connectivity index is 2.28. The number of nitrogens with zero attached hydrogens (tertiary/aromatic N) is 2. The summed E-state index contributed by atoms with van der Waals surface area (Å²) in [6, 6.07) is 0. The zero-order chi connectivity index (χ0) is 8.60. The van der Waals surface area contributed by atoms with Crippen LogP contribution in [0.15, 0.2) is 4.52 Å². The van der Waals surface area contributed by atoms with Gasteiger partial charge in [0.25, 0.3) is 5.95 Å². The maximum atomic E-state index is 5.38. The molecular formula is C7H11N3OS. The first kappa shape index (κ1) is 7.91. The first-order valence-corrected chi connectivity index (χ1v) is 4.93. The van der Waals surface area contributed by atoms with Gasteiger partial charge in [-0.25, -0.2) is 0 Å². The molecule has 1 saturated heterocycles. The SMILES string of the molecule is CC1(c2nc(N)no2)CCCS1. The van der Waals surface area contributed by atoms with Crippen LogP contribution in [-0.4, -0.2) is 15.9 Å². The van der Waals surface area contributed by atoms with Gasteiger partial charge in [0.1, 0.15) is 0 Å². The van der Waals surface area contributed by atoms with Crippen LogP contribution in [0.5, 0.6) is 0 Å². The zero-order valence-electron chi connectivity index (χ0n) is 6.91. The fourth-order valence-electron chi connectivity index (χ4n) is 1.40. The van der Waals surface area contributed by atoms with Crippen LogP contribution < -0.4 is 5.73 Å². The Labute approximate surface area is 74.9 Å². The van der Waals surface area contributed by atoms with E-state index in [-0.39, 0.29) is 10.7 Å². The van der Waals surface area contributed by atoms with E-state index < -0.39 is 0 Å². The summed E-state index contributed by atoms with van der Waals surface area (Å²) in [4.78, 5) is 4.04. The molecule has 0 bridgehead atoms. The number of aromatic nitrogens is 2. The van der Waals surface area contributed by atoms with Gasteiger partial charge in [-0.2, -0.15) is 4.98 Å². The highest BCUT2D eigenvalue weighted by atomic mass is 32.2. The molecule has 2 heterocycles. The lowest BCUT2D eigenvalue weighted by Crippen LogP contribution is -2.13. The average Bonchev–Trinajstić information content (AvgIpc) is 2.59. The molecule has 2 N–H and O–H groups in total. The molecule has 1 atom stereocenters. The van der Waals surface area contributed by atoms with Crippen LogP contribution in [-0.2, 0) is 4.75 Å². The second kappa shape index (κ2) is 2.65. The predicted molar refractivity (Wildman–Crippen MR) is 47.8 cm³/mol. The highest BCUT2D eigenvalue weighted by Crippen LogP contribution is 2.45. The average molecular weight is 185 g/mol. The lowest BCUT2D eigenvalue weighted by atomic mass is 10.1. The van der Waals surface area contributed by atoms with E-state index in [4.69, 9.17) is 10.3 Å². The van der Waals surface area contributed by atoms with Crippen molar-refractivity contribution < 1.29 is 4.52 Å². The van der Waals surface area contributed by atoms with Crippen molar-refractivity contribution in [2.24, 2.45) is 0 Å². The van der Waals surface area contributed by atoms with Crippen LogP contribution in [0.2, 0.25) is 0 Å². The molecule has 2 rings (SSSR count). The maximum Gasteiger partial charge on any atom is 0.260 e. The predicted octanol–water partition coefficient (Wildman–Crippen LogP) is 1.39.